The van der Waals surface area contributed by atoms with Gasteiger partial charge >= 0.3 is 0 Å². The van der Waals surface area contributed by atoms with Gasteiger partial charge in [-0.05, 0) is 51.6 Å². The summed E-state index contributed by atoms with van der Waals surface area (Å²) in [5, 5.41) is 20.5. The Hall–Kier alpha value is -1.88. The highest BCUT2D eigenvalue weighted by Crippen LogP contribution is 2.29. The summed E-state index contributed by atoms with van der Waals surface area (Å²) >= 11 is 2.24. The number of fused-ring (bicyclic) bond motifs is 1. The fraction of sp³-hybridized carbons (Fsp3) is 0. The second-order valence-electron chi connectivity index (χ2n) is 4.56. The summed E-state index contributed by atoms with van der Waals surface area (Å²) in [5.41, 5.74) is 1.73. The summed E-state index contributed by atoms with van der Waals surface area (Å²) in [4.78, 5) is 0. The Morgan fingerprint density at radius 2 is 1.60 bits per heavy atom. The number of benzene rings is 3. The van der Waals surface area contributed by atoms with E-state index in [0.717, 1.165) is 19.9 Å². The molecule has 0 aliphatic carbocycles. The molecule has 3 aromatic rings. The number of hydrogen-bond donors (Lipinski definition) is 2. The van der Waals surface area contributed by atoms with Crippen molar-refractivity contribution < 1.29 is 5.11 Å². The van der Waals surface area contributed by atoms with Crippen LogP contribution >= 0.6 is 22.6 Å². The maximum Gasteiger partial charge on any atom is 0.125 e. The number of rotatable bonds is 2. The highest BCUT2D eigenvalue weighted by atomic mass is 127. The Bertz CT molecular complexity index is 794. The number of phenolic OH excluding ortho intramolecular Hbond substituents is 1. The number of aromatic hydroxyl groups is 1. The minimum Gasteiger partial charge on any atom is -0.507 e. The van der Waals surface area contributed by atoms with Crippen molar-refractivity contribution in [2.75, 3.05) is 0 Å². The first-order valence-corrected chi connectivity index (χ1v) is 7.30. The lowest BCUT2D eigenvalue weighted by Gasteiger charge is -2.11. The molecule has 3 aromatic carbocycles. The third kappa shape index (κ3) is 2.29. The molecule has 0 spiro atoms. The van der Waals surface area contributed by atoms with Gasteiger partial charge in [0.15, 0.2) is 0 Å². The summed E-state index contributed by atoms with van der Waals surface area (Å²) in [7, 11) is 0. The first-order chi connectivity index (χ1) is 9.66. The van der Waals surface area contributed by atoms with Crippen LogP contribution in [0.25, 0.3) is 10.8 Å². The van der Waals surface area contributed by atoms with Gasteiger partial charge in [0.05, 0.1) is 5.71 Å². The molecule has 0 fully saturated rings. The van der Waals surface area contributed by atoms with Crippen LogP contribution in [0.4, 0.5) is 0 Å². The molecule has 0 bridgehead atoms. The van der Waals surface area contributed by atoms with Gasteiger partial charge in [0.2, 0.25) is 0 Å². The first-order valence-electron chi connectivity index (χ1n) is 6.22. The zero-order valence-electron chi connectivity index (χ0n) is 10.6. The van der Waals surface area contributed by atoms with E-state index in [9.17, 15) is 5.11 Å². The third-order valence-electron chi connectivity index (χ3n) is 3.29. The van der Waals surface area contributed by atoms with Gasteiger partial charge in [-0.25, -0.2) is 0 Å². The standard InChI is InChI=1S/C17H12INO/c18-13-8-5-12(6-9-13)17(19)16-14-4-2-1-3-11(14)7-10-15(16)20/h1-10,19-20H. The van der Waals surface area contributed by atoms with Gasteiger partial charge in [0.1, 0.15) is 5.75 Å². The van der Waals surface area contributed by atoms with Crippen molar-refractivity contribution in [1.29, 1.82) is 5.41 Å². The van der Waals surface area contributed by atoms with Crippen LogP contribution in [-0.2, 0) is 0 Å². The van der Waals surface area contributed by atoms with Crippen LogP contribution in [0, 0.1) is 8.98 Å². The lowest BCUT2D eigenvalue weighted by Crippen LogP contribution is -2.02. The first kappa shape index (κ1) is 13.1. The van der Waals surface area contributed by atoms with Crippen LogP contribution in [0.2, 0.25) is 0 Å². The monoisotopic (exact) mass is 373 g/mol. The second-order valence-corrected chi connectivity index (χ2v) is 5.81. The molecule has 0 aliphatic heterocycles. The van der Waals surface area contributed by atoms with Crippen molar-refractivity contribution in [2.45, 2.75) is 0 Å². The lowest BCUT2D eigenvalue weighted by molar-refractivity contribution is 0.475. The maximum absolute atomic E-state index is 10.2. The largest absolute Gasteiger partial charge is 0.507 e. The summed E-state index contributed by atoms with van der Waals surface area (Å²) < 4.78 is 1.13. The quantitative estimate of drug-likeness (QED) is 0.502. The molecule has 3 heteroatoms. The lowest BCUT2D eigenvalue weighted by atomic mass is 9.96. The molecule has 0 unspecified atom stereocenters. The van der Waals surface area contributed by atoms with Crippen LogP contribution in [-0.4, -0.2) is 10.8 Å². The summed E-state index contributed by atoms with van der Waals surface area (Å²) in [6.07, 6.45) is 0. The number of halogens is 1. The van der Waals surface area contributed by atoms with Crippen LogP contribution in [0.3, 0.4) is 0 Å². The van der Waals surface area contributed by atoms with Gasteiger partial charge in [-0.15, -0.1) is 0 Å². The zero-order valence-corrected chi connectivity index (χ0v) is 12.8. The van der Waals surface area contributed by atoms with Crippen molar-refractivity contribution >= 4 is 39.1 Å². The Labute approximate surface area is 130 Å². The van der Waals surface area contributed by atoms with Crippen LogP contribution in [0.1, 0.15) is 11.1 Å². The fourth-order valence-corrected chi connectivity index (χ4v) is 2.64. The number of hydrogen-bond acceptors (Lipinski definition) is 2. The van der Waals surface area contributed by atoms with Gasteiger partial charge in [-0.2, -0.15) is 0 Å². The predicted octanol–water partition coefficient (Wildman–Crippen LogP) is 4.57. The zero-order chi connectivity index (χ0) is 14.1. The van der Waals surface area contributed by atoms with E-state index in [0.29, 0.717) is 11.3 Å². The van der Waals surface area contributed by atoms with E-state index in [1.54, 1.807) is 6.07 Å². The molecule has 0 radical (unpaired) electrons. The summed E-state index contributed by atoms with van der Waals surface area (Å²) in [5.74, 6) is 0.146. The van der Waals surface area contributed by atoms with Gasteiger partial charge in [0, 0.05) is 14.7 Å². The van der Waals surface area contributed by atoms with Gasteiger partial charge in [-0.1, -0.05) is 42.5 Å². The van der Waals surface area contributed by atoms with E-state index in [2.05, 4.69) is 22.6 Å². The van der Waals surface area contributed by atoms with Crippen LogP contribution < -0.4 is 0 Å². The van der Waals surface area contributed by atoms with E-state index < -0.39 is 0 Å². The van der Waals surface area contributed by atoms with E-state index in [1.165, 1.54) is 0 Å². The predicted molar refractivity (Wildman–Crippen MR) is 90.7 cm³/mol. The smallest absolute Gasteiger partial charge is 0.125 e. The Balaban J connectivity index is 2.21. The molecule has 20 heavy (non-hydrogen) atoms. The molecule has 0 saturated heterocycles. The van der Waals surface area contributed by atoms with E-state index in [-0.39, 0.29) is 5.75 Å². The minimum atomic E-state index is 0.146. The van der Waals surface area contributed by atoms with Gasteiger partial charge in [-0.3, -0.25) is 5.41 Å². The molecule has 0 atom stereocenters. The molecule has 98 valence electrons. The molecule has 0 amide bonds. The fourth-order valence-electron chi connectivity index (χ4n) is 2.28. The highest BCUT2D eigenvalue weighted by Gasteiger charge is 2.13. The molecule has 3 rings (SSSR count). The van der Waals surface area contributed by atoms with Gasteiger partial charge < -0.3 is 5.11 Å². The van der Waals surface area contributed by atoms with Crippen molar-refractivity contribution in [3.63, 3.8) is 0 Å². The van der Waals surface area contributed by atoms with E-state index in [1.807, 2.05) is 54.6 Å². The second kappa shape index (κ2) is 5.25. The van der Waals surface area contributed by atoms with Crippen LogP contribution in [0.5, 0.6) is 5.75 Å². The molecule has 0 heterocycles. The SMILES string of the molecule is N=C(c1ccc(I)cc1)c1c(O)ccc2ccccc12. The Kier molecular flexibility index (Phi) is 3.44. The van der Waals surface area contributed by atoms with Gasteiger partial charge in [0.25, 0.3) is 0 Å². The molecule has 2 nitrogen and oxygen atoms in total. The van der Waals surface area contributed by atoms with Crippen LogP contribution in [0.15, 0.2) is 60.7 Å². The average Bonchev–Trinajstić information content (AvgIpc) is 2.47. The Morgan fingerprint density at radius 1 is 0.900 bits per heavy atom. The minimum absolute atomic E-state index is 0.146. The van der Waals surface area contributed by atoms with Crippen molar-refractivity contribution in [2.24, 2.45) is 0 Å². The average molecular weight is 373 g/mol. The Morgan fingerprint density at radius 3 is 2.35 bits per heavy atom. The molecular formula is C17H12INO. The molecular weight excluding hydrogens is 361 g/mol. The summed E-state index contributed by atoms with van der Waals surface area (Å²) in [6.45, 7) is 0. The van der Waals surface area contributed by atoms with Crippen molar-refractivity contribution in [3.8, 4) is 5.75 Å². The topological polar surface area (TPSA) is 44.1 Å². The highest BCUT2D eigenvalue weighted by molar-refractivity contribution is 14.1. The molecule has 0 saturated carbocycles. The van der Waals surface area contributed by atoms with E-state index in [4.69, 9.17) is 5.41 Å². The molecule has 0 aliphatic rings. The maximum atomic E-state index is 10.2. The normalized spacial score (nSPS) is 10.7. The van der Waals surface area contributed by atoms with Crippen molar-refractivity contribution in [1.82, 2.24) is 0 Å². The van der Waals surface area contributed by atoms with Crippen molar-refractivity contribution in [3.05, 3.63) is 75.4 Å². The molecule has 0 aromatic heterocycles. The number of phenols is 1. The van der Waals surface area contributed by atoms with E-state index >= 15 is 0 Å². The number of nitrogens with one attached hydrogen (secondary N) is 1. The summed E-state index contributed by atoms with van der Waals surface area (Å²) in [6, 6.07) is 19.1. The molecule has 2 N–H and O–H groups in total. The third-order valence-corrected chi connectivity index (χ3v) is 4.01.